The van der Waals surface area contributed by atoms with E-state index in [4.69, 9.17) is 15.2 Å². The lowest BCUT2D eigenvalue weighted by Gasteiger charge is -2.17. The summed E-state index contributed by atoms with van der Waals surface area (Å²) in [5.74, 6) is -0.573. The molecular formula is C29H26FN7O4. The molecule has 0 bridgehead atoms. The van der Waals surface area contributed by atoms with Crippen molar-refractivity contribution in [1.29, 1.82) is 0 Å². The molecule has 11 nitrogen and oxygen atoms in total. The maximum Gasteiger partial charge on any atom is 0.322 e. The number of aliphatic hydroxyl groups excluding tert-OH is 1. The third-order valence-electron chi connectivity index (χ3n) is 6.19. The number of hydrogen-bond donors (Lipinski definition) is 3. The summed E-state index contributed by atoms with van der Waals surface area (Å²) in [7, 11) is 0. The van der Waals surface area contributed by atoms with Gasteiger partial charge in [0.1, 0.15) is 24.2 Å². The number of aryl methyl sites for hydroxylation is 2. The minimum Gasteiger partial charge on any atom is -0.490 e. The molecule has 3 aromatic heterocycles. The molecule has 208 valence electrons. The minimum atomic E-state index is -0.660. The van der Waals surface area contributed by atoms with Crippen LogP contribution in [0.2, 0.25) is 0 Å². The van der Waals surface area contributed by atoms with E-state index in [0.29, 0.717) is 45.1 Å². The molecule has 0 spiro atoms. The van der Waals surface area contributed by atoms with Gasteiger partial charge in [0, 0.05) is 46.5 Å². The van der Waals surface area contributed by atoms with Gasteiger partial charge < -0.3 is 30.2 Å². The molecule has 0 saturated heterocycles. The molecule has 0 aliphatic rings. The molecule has 1 amide bonds. The molecule has 0 atom stereocenters. The highest BCUT2D eigenvalue weighted by Gasteiger charge is 2.24. The molecule has 5 aromatic rings. The van der Waals surface area contributed by atoms with Gasteiger partial charge in [0.05, 0.1) is 17.8 Å². The number of nitrogens with zero attached hydrogens (tertiary/aromatic N) is 5. The maximum atomic E-state index is 15.5. The monoisotopic (exact) mass is 555 g/mol. The predicted molar refractivity (Wildman–Crippen MR) is 152 cm³/mol. The average molecular weight is 556 g/mol. The Kier molecular flexibility index (Phi) is 7.57. The Morgan fingerprint density at radius 1 is 1.15 bits per heavy atom. The molecule has 2 aromatic carbocycles. The zero-order chi connectivity index (χ0) is 29.1. The third kappa shape index (κ3) is 5.40. The van der Waals surface area contributed by atoms with Crippen LogP contribution in [0.4, 0.5) is 15.9 Å². The number of anilines is 2. The van der Waals surface area contributed by atoms with Crippen LogP contribution in [0, 0.1) is 19.7 Å². The van der Waals surface area contributed by atoms with Crippen molar-refractivity contribution < 1.29 is 23.8 Å². The summed E-state index contributed by atoms with van der Waals surface area (Å²) in [5, 5.41) is 12.1. The fourth-order valence-electron chi connectivity index (χ4n) is 4.41. The van der Waals surface area contributed by atoms with Crippen molar-refractivity contribution >= 4 is 28.4 Å². The number of rotatable bonds is 9. The van der Waals surface area contributed by atoms with Gasteiger partial charge in [0.25, 0.3) is 0 Å². The molecule has 5 rings (SSSR count). The first-order valence-electron chi connectivity index (χ1n) is 12.5. The van der Waals surface area contributed by atoms with Crippen molar-refractivity contribution in [3.63, 3.8) is 0 Å². The largest absolute Gasteiger partial charge is 0.490 e. The Labute approximate surface area is 234 Å². The number of aliphatic hydroxyl groups is 1. The van der Waals surface area contributed by atoms with Crippen LogP contribution in [0.1, 0.15) is 11.3 Å². The highest BCUT2D eigenvalue weighted by atomic mass is 19.1. The standard InChI is InChI=1S/C29H26FN7O4/c1-4-24(39)36-18-5-7-20(23(13-18)40-12-11-38)26-17(3)25-27(28(31)34-15-33-25)37(26)19-6-8-22(21(30)14-19)41-29-32-10-9-16(2)35-29/h4-10,13-15,38H,1,11-12H2,2-3H3,(H,36,39)(H2,31,33,34). The van der Waals surface area contributed by atoms with Crippen molar-refractivity contribution in [1.82, 2.24) is 24.5 Å². The molecule has 4 N–H and O–H groups in total. The molecule has 3 heterocycles. The number of ether oxygens (including phenoxy) is 2. The first-order chi connectivity index (χ1) is 19.8. The van der Waals surface area contributed by atoms with Crippen molar-refractivity contribution in [2.24, 2.45) is 0 Å². The van der Waals surface area contributed by atoms with Crippen LogP contribution in [0.15, 0.2) is 67.6 Å². The fraction of sp³-hybridized carbons (Fsp3) is 0.138. The van der Waals surface area contributed by atoms with Gasteiger partial charge in [-0.2, -0.15) is 0 Å². The molecule has 41 heavy (non-hydrogen) atoms. The van der Waals surface area contributed by atoms with Crippen LogP contribution in [-0.2, 0) is 4.79 Å². The van der Waals surface area contributed by atoms with Crippen molar-refractivity contribution in [2.45, 2.75) is 13.8 Å². The number of benzene rings is 2. The van der Waals surface area contributed by atoms with Crippen LogP contribution in [0.5, 0.6) is 17.5 Å². The van der Waals surface area contributed by atoms with Crippen LogP contribution in [0.25, 0.3) is 28.0 Å². The highest BCUT2D eigenvalue weighted by molar-refractivity contribution is 6.00. The van der Waals surface area contributed by atoms with Crippen molar-refractivity contribution in [3.05, 3.63) is 84.7 Å². The van der Waals surface area contributed by atoms with Gasteiger partial charge in [-0.05, 0) is 50.3 Å². The average Bonchev–Trinajstić information content (AvgIpc) is 3.26. The van der Waals surface area contributed by atoms with E-state index >= 15 is 4.39 Å². The Morgan fingerprint density at radius 3 is 2.71 bits per heavy atom. The van der Waals surface area contributed by atoms with E-state index in [1.54, 1.807) is 41.8 Å². The quantitative estimate of drug-likeness (QED) is 0.223. The van der Waals surface area contributed by atoms with E-state index in [-0.39, 0.29) is 30.8 Å². The number of hydrogen-bond acceptors (Lipinski definition) is 9. The topological polar surface area (TPSA) is 150 Å². The zero-order valence-electron chi connectivity index (χ0n) is 22.3. The number of carbonyl (C=O) groups excluding carboxylic acids is 1. The lowest BCUT2D eigenvalue weighted by molar-refractivity contribution is -0.111. The number of halogens is 1. The molecule has 12 heteroatoms. The molecule has 0 fully saturated rings. The molecule has 0 unspecified atom stereocenters. The van der Waals surface area contributed by atoms with Gasteiger partial charge in [-0.1, -0.05) is 6.58 Å². The second-order valence-corrected chi connectivity index (χ2v) is 8.94. The second-order valence-electron chi connectivity index (χ2n) is 8.94. The lowest BCUT2D eigenvalue weighted by atomic mass is 10.1. The smallest absolute Gasteiger partial charge is 0.322 e. The number of aromatic nitrogens is 5. The summed E-state index contributed by atoms with van der Waals surface area (Å²) in [6.45, 7) is 6.86. The van der Waals surface area contributed by atoms with Gasteiger partial charge in [-0.15, -0.1) is 0 Å². The Balaban J connectivity index is 1.69. The summed E-state index contributed by atoms with van der Waals surface area (Å²) < 4.78 is 28.7. The normalized spacial score (nSPS) is 10.9. The van der Waals surface area contributed by atoms with Gasteiger partial charge in [-0.25, -0.2) is 24.3 Å². The van der Waals surface area contributed by atoms with Gasteiger partial charge >= 0.3 is 6.01 Å². The number of nitrogen functional groups attached to an aromatic ring is 1. The Morgan fingerprint density at radius 2 is 1.98 bits per heavy atom. The van der Waals surface area contributed by atoms with Crippen LogP contribution >= 0.6 is 0 Å². The number of nitrogens with one attached hydrogen (secondary N) is 1. The van der Waals surface area contributed by atoms with Crippen LogP contribution < -0.4 is 20.5 Å². The van der Waals surface area contributed by atoms with Gasteiger partial charge in [0.2, 0.25) is 5.91 Å². The van der Waals surface area contributed by atoms with E-state index in [1.165, 1.54) is 24.7 Å². The summed E-state index contributed by atoms with van der Waals surface area (Å²) in [6, 6.07) is 11.2. The molecular weight excluding hydrogens is 529 g/mol. The van der Waals surface area contributed by atoms with Gasteiger partial charge in [-0.3, -0.25) is 4.79 Å². The summed E-state index contributed by atoms with van der Waals surface area (Å²) in [6.07, 6.45) is 4.03. The number of amides is 1. The molecule has 0 aliphatic carbocycles. The van der Waals surface area contributed by atoms with Crippen molar-refractivity contribution in [2.75, 3.05) is 24.3 Å². The first-order valence-corrected chi connectivity index (χ1v) is 12.5. The number of fused-ring (bicyclic) bond motifs is 1. The second kappa shape index (κ2) is 11.4. The van der Waals surface area contributed by atoms with E-state index in [1.807, 2.05) is 6.92 Å². The third-order valence-corrected chi connectivity index (χ3v) is 6.19. The van der Waals surface area contributed by atoms with Crippen LogP contribution in [0.3, 0.4) is 0 Å². The maximum absolute atomic E-state index is 15.5. The molecule has 0 saturated carbocycles. The lowest BCUT2D eigenvalue weighted by Crippen LogP contribution is -2.09. The van der Waals surface area contributed by atoms with Crippen molar-refractivity contribution in [3.8, 4) is 34.5 Å². The SMILES string of the molecule is C=CC(=O)Nc1ccc(-c2c(C)c3ncnc(N)c3n2-c2ccc(Oc3nccc(C)n3)c(F)c2)c(OCCO)c1. The summed E-state index contributed by atoms with van der Waals surface area (Å²) in [4.78, 5) is 28.7. The van der Waals surface area contributed by atoms with Gasteiger partial charge in [0.15, 0.2) is 17.4 Å². The summed E-state index contributed by atoms with van der Waals surface area (Å²) >= 11 is 0. The zero-order valence-corrected chi connectivity index (χ0v) is 22.3. The Bertz CT molecular complexity index is 1790. The van der Waals surface area contributed by atoms with Crippen LogP contribution in [-0.4, -0.2) is 48.7 Å². The molecule has 0 radical (unpaired) electrons. The predicted octanol–water partition coefficient (Wildman–Crippen LogP) is 4.50. The number of carbonyl (C=O) groups is 1. The van der Waals surface area contributed by atoms with E-state index in [9.17, 15) is 9.90 Å². The summed E-state index contributed by atoms with van der Waals surface area (Å²) in [5.41, 5.74) is 10.8. The minimum absolute atomic E-state index is 0.00518. The van der Waals surface area contributed by atoms with E-state index < -0.39 is 11.7 Å². The highest BCUT2D eigenvalue weighted by Crippen LogP contribution is 2.42. The van der Waals surface area contributed by atoms with E-state index in [2.05, 4.69) is 31.8 Å². The number of nitrogens with two attached hydrogens (primary N) is 1. The fourth-order valence-corrected chi connectivity index (χ4v) is 4.41. The Hall–Kier alpha value is -5.36. The van der Waals surface area contributed by atoms with E-state index in [0.717, 1.165) is 11.6 Å². The molecule has 0 aliphatic heterocycles. The first kappa shape index (κ1) is 27.2.